The normalized spacial score (nSPS) is 11.2. The second-order valence-electron chi connectivity index (χ2n) is 9.87. The Balaban J connectivity index is 1.63. The van der Waals surface area contributed by atoms with Crippen molar-refractivity contribution in [2.45, 2.75) is 13.8 Å². The molecule has 0 radical (unpaired) electrons. The molecule has 0 saturated heterocycles. The van der Waals surface area contributed by atoms with Crippen molar-refractivity contribution in [2.75, 3.05) is 13.6 Å². The van der Waals surface area contributed by atoms with Gasteiger partial charge in [0.2, 0.25) is 0 Å². The van der Waals surface area contributed by atoms with Gasteiger partial charge in [0.1, 0.15) is 17.2 Å². The molecule has 0 aliphatic rings. The molecule has 2 aromatic heterocycles. The van der Waals surface area contributed by atoms with Crippen LogP contribution in [-0.2, 0) is 7.05 Å². The third-order valence-corrected chi connectivity index (χ3v) is 6.53. The Hall–Kier alpha value is -4.72. The lowest BCUT2D eigenvalue weighted by Crippen LogP contribution is -2.27. The average molecular weight is 525 g/mol. The molecule has 8 heteroatoms. The first kappa shape index (κ1) is 25.9. The van der Waals surface area contributed by atoms with Gasteiger partial charge >= 0.3 is 0 Å². The SMILES string of the molecule is CNC(=O)c1c(-c2ccc(F)cc2)oc2ccc(-c3ccc(-c4cnn(C)c4)c(C(=O)NCC(C)C)c3)cc12. The minimum Gasteiger partial charge on any atom is -0.455 e. The summed E-state index contributed by atoms with van der Waals surface area (Å²) in [6.45, 7) is 4.64. The van der Waals surface area contributed by atoms with E-state index in [2.05, 4.69) is 15.7 Å². The highest BCUT2D eigenvalue weighted by molar-refractivity contribution is 6.12. The molecule has 0 spiro atoms. The molecule has 198 valence electrons. The lowest BCUT2D eigenvalue weighted by molar-refractivity contribution is 0.0946. The predicted octanol–water partition coefficient (Wildman–Crippen LogP) is 6.05. The summed E-state index contributed by atoms with van der Waals surface area (Å²) >= 11 is 0. The summed E-state index contributed by atoms with van der Waals surface area (Å²) in [6.07, 6.45) is 3.61. The van der Waals surface area contributed by atoms with Crippen LogP contribution < -0.4 is 10.6 Å². The van der Waals surface area contributed by atoms with E-state index < -0.39 is 0 Å². The highest BCUT2D eigenvalue weighted by Gasteiger charge is 2.23. The number of fused-ring (bicyclic) bond motifs is 1. The number of aromatic nitrogens is 2. The van der Waals surface area contributed by atoms with Crippen molar-refractivity contribution in [1.82, 2.24) is 20.4 Å². The van der Waals surface area contributed by atoms with Gasteiger partial charge in [0, 0.05) is 48.9 Å². The molecule has 0 aliphatic carbocycles. The Morgan fingerprint density at radius 3 is 2.31 bits per heavy atom. The van der Waals surface area contributed by atoms with Crippen LogP contribution in [0, 0.1) is 11.7 Å². The number of nitrogens with zero attached hydrogens (tertiary/aromatic N) is 2. The molecule has 0 saturated carbocycles. The van der Waals surface area contributed by atoms with E-state index in [9.17, 15) is 14.0 Å². The summed E-state index contributed by atoms with van der Waals surface area (Å²) in [5.41, 5.74) is 5.27. The minimum absolute atomic E-state index is 0.168. The second kappa shape index (κ2) is 10.6. The number of hydrogen-bond donors (Lipinski definition) is 2. The highest BCUT2D eigenvalue weighted by atomic mass is 19.1. The Kier molecular flexibility index (Phi) is 7.02. The average Bonchev–Trinajstić information content (AvgIpc) is 3.54. The molecule has 2 amide bonds. The monoisotopic (exact) mass is 524 g/mol. The molecular formula is C31H29FN4O3. The smallest absolute Gasteiger partial charge is 0.255 e. The number of carbonyl (C=O) groups excluding carboxylic acids is 2. The number of hydrogen-bond acceptors (Lipinski definition) is 4. The topological polar surface area (TPSA) is 89.2 Å². The molecule has 5 aromatic rings. The number of carbonyl (C=O) groups is 2. The van der Waals surface area contributed by atoms with E-state index in [0.29, 0.717) is 45.9 Å². The van der Waals surface area contributed by atoms with Crippen LogP contribution in [0.2, 0.25) is 0 Å². The highest BCUT2D eigenvalue weighted by Crippen LogP contribution is 2.37. The maximum atomic E-state index is 13.5. The third kappa shape index (κ3) is 5.18. The van der Waals surface area contributed by atoms with Gasteiger partial charge in [-0.2, -0.15) is 5.10 Å². The van der Waals surface area contributed by atoms with E-state index in [1.165, 1.54) is 12.1 Å². The fraction of sp³-hybridized carbons (Fsp3) is 0.194. The second-order valence-corrected chi connectivity index (χ2v) is 9.87. The first-order valence-corrected chi connectivity index (χ1v) is 12.7. The Morgan fingerprint density at radius 2 is 1.64 bits per heavy atom. The first-order chi connectivity index (χ1) is 18.7. The van der Waals surface area contributed by atoms with Crippen molar-refractivity contribution < 1.29 is 18.4 Å². The van der Waals surface area contributed by atoms with Gasteiger partial charge in [-0.3, -0.25) is 14.3 Å². The van der Waals surface area contributed by atoms with Crippen LogP contribution in [-0.4, -0.2) is 35.2 Å². The maximum Gasteiger partial charge on any atom is 0.255 e. The van der Waals surface area contributed by atoms with Crippen LogP contribution in [0.5, 0.6) is 0 Å². The summed E-state index contributed by atoms with van der Waals surface area (Å²) in [5, 5.41) is 10.6. The standard InChI is InChI=1S/C31H29FN4O3/c1-18(2)15-34-30(37)25-13-20(7-11-24(25)22-16-35-36(4)17-22)21-8-12-27-26(14-21)28(31(38)33-3)29(39-27)19-5-9-23(32)10-6-19/h5-14,16-18H,15H2,1-4H3,(H,33,38)(H,34,37). The molecule has 5 rings (SSSR count). The zero-order valence-electron chi connectivity index (χ0n) is 22.2. The van der Waals surface area contributed by atoms with Crippen LogP contribution in [0.1, 0.15) is 34.6 Å². The van der Waals surface area contributed by atoms with Crippen LogP contribution in [0.3, 0.4) is 0 Å². The molecule has 0 atom stereocenters. The van der Waals surface area contributed by atoms with Gasteiger partial charge in [-0.05, 0) is 65.1 Å². The van der Waals surface area contributed by atoms with Gasteiger partial charge < -0.3 is 15.1 Å². The zero-order chi connectivity index (χ0) is 27.7. The third-order valence-electron chi connectivity index (χ3n) is 6.53. The van der Waals surface area contributed by atoms with Crippen molar-refractivity contribution in [3.8, 4) is 33.6 Å². The fourth-order valence-corrected chi connectivity index (χ4v) is 4.55. The molecule has 2 heterocycles. The predicted molar refractivity (Wildman–Crippen MR) is 150 cm³/mol. The lowest BCUT2D eigenvalue weighted by Gasteiger charge is -2.13. The van der Waals surface area contributed by atoms with Gasteiger partial charge in [-0.15, -0.1) is 0 Å². The molecule has 0 fully saturated rings. The summed E-state index contributed by atoms with van der Waals surface area (Å²) in [5.74, 6) is -0.186. The molecule has 2 N–H and O–H groups in total. The molecule has 3 aromatic carbocycles. The van der Waals surface area contributed by atoms with Gasteiger partial charge in [0.15, 0.2) is 0 Å². The number of aryl methyl sites for hydroxylation is 1. The van der Waals surface area contributed by atoms with E-state index in [1.807, 2.05) is 57.4 Å². The number of furan rings is 1. The fourth-order valence-electron chi connectivity index (χ4n) is 4.55. The zero-order valence-corrected chi connectivity index (χ0v) is 22.2. The summed E-state index contributed by atoms with van der Waals surface area (Å²) in [4.78, 5) is 26.2. The Morgan fingerprint density at radius 1 is 0.949 bits per heavy atom. The minimum atomic E-state index is -0.374. The molecular weight excluding hydrogens is 495 g/mol. The molecule has 0 unspecified atom stereocenters. The summed E-state index contributed by atoms with van der Waals surface area (Å²) < 4.78 is 21.3. The first-order valence-electron chi connectivity index (χ1n) is 12.7. The summed E-state index contributed by atoms with van der Waals surface area (Å²) in [6, 6.07) is 17.1. The van der Waals surface area contributed by atoms with Crippen molar-refractivity contribution in [2.24, 2.45) is 13.0 Å². The van der Waals surface area contributed by atoms with E-state index >= 15 is 0 Å². The van der Waals surface area contributed by atoms with E-state index in [4.69, 9.17) is 4.42 Å². The van der Waals surface area contributed by atoms with E-state index in [0.717, 1.165) is 22.3 Å². The van der Waals surface area contributed by atoms with Gasteiger partial charge in [-0.25, -0.2) is 4.39 Å². The number of rotatable bonds is 7. The van der Waals surface area contributed by atoms with Crippen molar-refractivity contribution >= 4 is 22.8 Å². The Labute approximate surface area is 225 Å². The number of amides is 2. The molecule has 0 bridgehead atoms. The van der Waals surface area contributed by atoms with Crippen LogP contribution in [0.15, 0.2) is 77.5 Å². The largest absolute Gasteiger partial charge is 0.455 e. The van der Waals surface area contributed by atoms with Gasteiger partial charge in [0.05, 0.1) is 11.8 Å². The number of nitrogens with one attached hydrogen (secondary N) is 2. The number of benzene rings is 3. The molecule has 0 aliphatic heterocycles. The quantitative estimate of drug-likeness (QED) is 0.271. The maximum absolute atomic E-state index is 13.5. The van der Waals surface area contributed by atoms with Crippen LogP contribution in [0.4, 0.5) is 4.39 Å². The number of halogens is 1. The van der Waals surface area contributed by atoms with Crippen molar-refractivity contribution in [3.63, 3.8) is 0 Å². The Bertz CT molecular complexity index is 1680. The van der Waals surface area contributed by atoms with E-state index in [-0.39, 0.29) is 17.6 Å². The lowest BCUT2D eigenvalue weighted by atomic mass is 9.94. The molecule has 39 heavy (non-hydrogen) atoms. The van der Waals surface area contributed by atoms with E-state index in [1.54, 1.807) is 36.1 Å². The van der Waals surface area contributed by atoms with Gasteiger partial charge in [-0.1, -0.05) is 32.0 Å². The van der Waals surface area contributed by atoms with Crippen LogP contribution >= 0.6 is 0 Å². The van der Waals surface area contributed by atoms with Crippen LogP contribution in [0.25, 0.3) is 44.5 Å². The summed E-state index contributed by atoms with van der Waals surface area (Å²) in [7, 11) is 3.39. The van der Waals surface area contributed by atoms with Gasteiger partial charge in [0.25, 0.3) is 11.8 Å². The van der Waals surface area contributed by atoms with Crippen molar-refractivity contribution in [3.05, 3.63) is 90.0 Å². The molecule has 7 nitrogen and oxygen atoms in total. The van der Waals surface area contributed by atoms with Crippen molar-refractivity contribution in [1.29, 1.82) is 0 Å².